The first-order valence-electron chi connectivity index (χ1n) is 19.9. The van der Waals surface area contributed by atoms with Crippen LogP contribution in [0, 0.1) is 11.8 Å². The molecule has 0 spiro atoms. The summed E-state index contributed by atoms with van der Waals surface area (Å²) in [6.07, 6.45) is 1.23. The van der Waals surface area contributed by atoms with Crippen molar-refractivity contribution in [1.29, 1.82) is 0 Å². The fourth-order valence-corrected chi connectivity index (χ4v) is 7.29. The lowest BCUT2D eigenvalue weighted by molar-refractivity contribution is -0.143. The first kappa shape index (κ1) is 46.6. The van der Waals surface area contributed by atoms with E-state index < -0.39 is 84.1 Å². The summed E-state index contributed by atoms with van der Waals surface area (Å²) in [6, 6.07) is 6.15. The van der Waals surface area contributed by atoms with Crippen molar-refractivity contribution in [2.75, 3.05) is 19.7 Å². The molecule has 2 aromatic rings. The number of carbonyl (C=O) groups is 7. The molecule has 2 aliphatic rings. The number of primary amides is 1. The minimum atomic E-state index is -1.51. The zero-order valence-corrected chi connectivity index (χ0v) is 35.3. The van der Waals surface area contributed by atoms with Gasteiger partial charge in [0.15, 0.2) is 0 Å². The average molecular weight is 861 g/mol. The second-order valence-electron chi connectivity index (χ2n) is 15.4. The van der Waals surface area contributed by atoms with Crippen molar-refractivity contribution in [3.05, 3.63) is 63.6 Å². The number of ether oxygens (including phenoxy) is 2. The monoisotopic (exact) mass is 859 g/mol. The number of nitrogens with two attached hydrogens (primary N) is 1. The molecule has 0 unspecified atom stereocenters. The second kappa shape index (κ2) is 22.3. The smallest absolute Gasteiger partial charge is 0.407 e. The van der Waals surface area contributed by atoms with Crippen LogP contribution in [0.3, 0.4) is 0 Å². The largest absolute Gasteiger partial charge is 0.489 e. The van der Waals surface area contributed by atoms with E-state index >= 15 is 0 Å². The average Bonchev–Trinajstić information content (AvgIpc) is 3.68. The zero-order valence-electron chi connectivity index (χ0n) is 33.8. The van der Waals surface area contributed by atoms with Crippen molar-refractivity contribution in [2.24, 2.45) is 17.6 Å². The lowest BCUT2D eigenvalue weighted by Gasteiger charge is -2.32. The van der Waals surface area contributed by atoms with Gasteiger partial charge in [0.25, 0.3) is 0 Å². The number of hydrogen-bond acceptors (Lipinski definition) is 9. The summed E-state index contributed by atoms with van der Waals surface area (Å²) in [5.74, 6) is -4.53. The van der Waals surface area contributed by atoms with E-state index in [0.29, 0.717) is 72.1 Å². The number of rotatable bonds is 9. The predicted molar refractivity (Wildman–Crippen MR) is 220 cm³/mol. The summed E-state index contributed by atoms with van der Waals surface area (Å²) in [6.45, 7) is 7.59. The molecule has 0 aromatic heterocycles. The summed E-state index contributed by atoms with van der Waals surface area (Å²) in [5, 5.41) is 14.3. The molecule has 0 saturated carbocycles. The Labute approximate surface area is 354 Å². The van der Waals surface area contributed by atoms with E-state index in [9.17, 15) is 33.6 Å². The molecule has 2 aliphatic heterocycles. The van der Waals surface area contributed by atoms with Crippen LogP contribution in [0.5, 0.6) is 5.75 Å². The molecule has 2 heterocycles. The number of benzene rings is 2. The zero-order chi connectivity index (χ0) is 43.2. The fraction of sp³-hybridized carbons (Fsp3) is 0.537. The molecule has 2 saturated heterocycles. The van der Waals surface area contributed by atoms with Gasteiger partial charge in [0.2, 0.25) is 35.4 Å². The molecule has 5 atom stereocenters. The Morgan fingerprint density at radius 1 is 0.797 bits per heavy atom. The highest BCUT2D eigenvalue weighted by molar-refractivity contribution is 6.35. The number of hydrogen-bond donors (Lipinski definition) is 6. The maximum atomic E-state index is 13.9. The van der Waals surface area contributed by atoms with Gasteiger partial charge >= 0.3 is 6.09 Å². The Morgan fingerprint density at radius 2 is 1.44 bits per heavy atom. The van der Waals surface area contributed by atoms with E-state index in [1.807, 2.05) is 0 Å². The fourth-order valence-electron chi connectivity index (χ4n) is 6.78. The van der Waals surface area contributed by atoms with E-state index in [1.165, 1.54) is 4.90 Å². The molecule has 59 heavy (non-hydrogen) atoms. The normalized spacial score (nSPS) is 23.3. The summed E-state index contributed by atoms with van der Waals surface area (Å²) in [7, 11) is 0. The molecule has 4 rings (SSSR count). The van der Waals surface area contributed by atoms with E-state index in [1.54, 1.807) is 70.2 Å². The molecule has 2 fully saturated rings. The molecule has 16 nitrogen and oxygen atoms in total. The third-order valence-corrected chi connectivity index (χ3v) is 10.8. The van der Waals surface area contributed by atoms with Gasteiger partial charge in [-0.05, 0) is 73.8 Å². The highest BCUT2D eigenvalue weighted by atomic mass is 35.5. The Kier molecular flexibility index (Phi) is 17.6. The summed E-state index contributed by atoms with van der Waals surface area (Å²) in [4.78, 5) is 95.2. The summed E-state index contributed by atoms with van der Waals surface area (Å²) < 4.78 is 11.3. The second-order valence-corrected chi connectivity index (χ2v) is 16.2. The molecule has 18 heteroatoms. The number of cyclic esters (lactones) is 1. The van der Waals surface area contributed by atoms with Crippen molar-refractivity contribution >= 4 is 64.7 Å². The van der Waals surface area contributed by atoms with Gasteiger partial charge in [-0.25, -0.2) is 4.79 Å². The molecular formula is C41H55Cl2N7O9. The number of fused-ring (bicyclic) bond motifs is 1. The quantitative estimate of drug-likeness (QED) is 0.218. The Balaban J connectivity index is 1.57. The predicted octanol–water partition coefficient (Wildman–Crippen LogP) is 3.14. The first-order chi connectivity index (χ1) is 28.0. The standard InChI is InChI=1S/C41H55Cl2N7O9/c1-23(2)34-39(55)46-31(21-33(44)51)37(53)49-35(24(3)4)40(56)50-18-9-12-32(50)38(54)45-17-6-5-7-19-58-41(57)47-30(36(52)48-34)20-25-13-15-26(16-14-25)59-22-27-28(42)10-8-11-29(27)43/h8,10-11,13-16,23-24,30-32,34-35H,5-7,9,12,17-22H2,1-4H3,(H2,44,51)(H,45,54)(H,46,55)(H,47,57)(H,48,52)(H,49,53)/t30-,31-,32-,34-,35-/m0/s1. The highest BCUT2D eigenvalue weighted by Gasteiger charge is 2.40. The molecule has 2 aromatic carbocycles. The lowest BCUT2D eigenvalue weighted by atomic mass is 9.99. The molecule has 7 N–H and O–H groups in total. The van der Waals surface area contributed by atoms with E-state index in [-0.39, 0.29) is 25.5 Å². The number of amides is 7. The van der Waals surface area contributed by atoms with Crippen molar-refractivity contribution in [1.82, 2.24) is 31.5 Å². The molecule has 0 radical (unpaired) electrons. The van der Waals surface area contributed by atoms with Crippen LogP contribution in [0.2, 0.25) is 10.0 Å². The number of carbonyl (C=O) groups excluding carboxylic acids is 7. The van der Waals surface area contributed by atoms with E-state index in [4.69, 9.17) is 38.4 Å². The molecule has 322 valence electrons. The maximum absolute atomic E-state index is 13.9. The van der Waals surface area contributed by atoms with Crippen LogP contribution in [-0.2, 0) is 46.5 Å². The van der Waals surface area contributed by atoms with Gasteiger partial charge in [-0.15, -0.1) is 0 Å². The molecular weight excluding hydrogens is 805 g/mol. The number of halogens is 2. The first-order valence-corrected chi connectivity index (χ1v) is 20.7. The summed E-state index contributed by atoms with van der Waals surface area (Å²) in [5.41, 5.74) is 6.74. The maximum Gasteiger partial charge on any atom is 0.407 e. The third kappa shape index (κ3) is 13.7. The Morgan fingerprint density at radius 3 is 2.08 bits per heavy atom. The Hall–Kier alpha value is -5.09. The number of alkyl carbamates (subject to hydrolysis) is 1. The van der Waals surface area contributed by atoms with E-state index in [0.717, 1.165) is 0 Å². The van der Waals surface area contributed by atoms with Crippen LogP contribution >= 0.6 is 23.2 Å². The van der Waals surface area contributed by atoms with Gasteiger partial charge in [0.05, 0.1) is 13.0 Å². The van der Waals surface area contributed by atoms with Crippen LogP contribution < -0.4 is 37.1 Å². The number of nitrogens with zero attached hydrogens (tertiary/aromatic N) is 1. The van der Waals surface area contributed by atoms with Crippen LogP contribution in [0.15, 0.2) is 42.5 Å². The Bertz CT molecular complexity index is 1810. The molecule has 0 aliphatic carbocycles. The van der Waals surface area contributed by atoms with E-state index in [2.05, 4.69) is 26.6 Å². The summed E-state index contributed by atoms with van der Waals surface area (Å²) >= 11 is 12.5. The van der Waals surface area contributed by atoms with Gasteiger partial charge in [-0.2, -0.15) is 0 Å². The van der Waals surface area contributed by atoms with Crippen LogP contribution in [0.1, 0.15) is 77.3 Å². The highest BCUT2D eigenvalue weighted by Crippen LogP contribution is 2.26. The van der Waals surface area contributed by atoms with Gasteiger partial charge in [-0.3, -0.25) is 28.8 Å². The number of nitrogens with one attached hydrogen (secondary N) is 5. The topological polar surface area (TPSA) is 227 Å². The van der Waals surface area contributed by atoms with Crippen LogP contribution in [0.25, 0.3) is 0 Å². The van der Waals surface area contributed by atoms with Gasteiger partial charge < -0.3 is 46.7 Å². The van der Waals surface area contributed by atoms with Crippen molar-refractivity contribution in [2.45, 2.75) is 109 Å². The minimum Gasteiger partial charge on any atom is -0.489 e. The molecule has 0 bridgehead atoms. The lowest BCUT2D eigenvalue weighted by Crippen LogP contribution is -2.61. The van der Waals surface area contributed by atoms with Crippen LogP contribution in [-0.4, -0.2) is 96.3 Å². The molecule has 7 amide bonds. The van der Waals surface area contributed by atoms with Crippen molar-refractivity contribution < 1.29 is 43.0 Å². The van der Waals surface area contributed by atoms with Gasteiger partial charge in [0, 0.05) is 35.1 Å². The van der Waals surface area contributed by atoms with Crippen LogP contribution in [0.4, 0.5) is 4.79 Å². The van der Waals surface area contributed by atoms with Crippen molar-refractivity contribution in [3.63, 3.8) is 0 Å². The minimum absolute atomic E-state index is 0.0149. The SMILES string of the molecule is CC(C)[C@@H]1NC(=O)[C@H](Cc2ccc(OCc3c(Cl)cccc3Cl)cc2)NC(=O)OCCCCCNC(=O)[C@@H]2CCCN2C(=O)[C@H](C(C)C)NC(=O)[C@H](CC(N)=O)NC1=O. The van der Waals surface area contributed by atoms with Gasteiger partial charge in [0.1, 0.15) is 42.6 Å². The van der Waals surface area contributed by atoms with Gasteiger partial charge in [-0.1, -0.05) is 69.1 Å². The van der Waals surface area contributed by atoms with Crippen molar-refractivity contribution in [3.8, 4) is 5.75 Å². The third-order valence-electron chi connectivity index (χ3n) is 10.1.